The monoisotopic (exact) mass is 476 g/mol. The van der Waals surface area contributed by atoms with E-state index in [0.717, 1.165) is 21.3 Å². The van der Waals surface area contributed by atoms with Crippen molar-refractivity contribution in [3.63, 3.8) is 0 Å². The largest absolute Gasteiger partial charge is 0.483 e. The summed E-state index contributed by atoms with van der Waals surface area (Å²) < 4.78 is 19.9. The van der Waals surface area contributed by atoms with Gasteiger partial charge in [-0.05, 0) is 61.0 Å². The van der Waals surface area contributed by atoms with E-state index >= 15 is 0 Å². The second-order valence-electron chi connectivity index (χ2n) is 6.44. The lowest BCUT2D eigenvalue weighted by atomic mass is 10.2. The second kappa shape index (κ2) is 9.76. The van der Waals surface area contributed by atoms with Crippen molar-refractivity contribution in [2.24, 2.45) is 0 Å². The van der Waals surface area contributed by atoms with Crippen LogP contribution in [-0.2, 0) is 11.3 Å². The lowest BCUT2D eigenvalue weighted by Crippen LogP contribution is -2.20. The van der Waals surface area contributed by atoms with E-state index in [2.05, 4.69) is 26.6 Å². The first-order valence-corrected chi connectivity index (χ1v) is 10.0. The molecule has 0 saturated heterocycles. The molecule has 0 heterocycles. The number of ether oxygens (including phenoxy) is 1. The molecular formula is C22H19BrClFN2O2. The van der Waals surface area contributed by atoms with Gasteiger partial charge in [-0.25, -0.2) is 4.39 Å². The average Bonchev–Trinajstić information content (AvgIpc) is 2.68. The lowest BCUT2D eigenvalue weighted by Gasteiger charge is -2.14. The van der Waals surface area contributed by atoms with Crippen LogP contribution in [0.2, 0.25) is 5.02 Å². The van der Waals surface area contributed by atoms with Crippen LogP contribution in [0.4, 0.5) is 15.8 Å². The molecule has 0 spiro atoms. The van der Waals surface area contributed by atoms with Gasteiger partial charge in [0.05, 0.1) is 5.02 Å². The molecule has 0 atom stereocenters. The number of hydrogen-bond acceptors (Lipinski definition) is 3. The normalized spacial score (nSPS) is 10.5. The third-order valence-electron chi connectivity index (χ3n) is 4.09. The number of anilines is 2. The summed E-state index contributed by atoms with van der Waals surface area (Å²) in [4.78, 5) is 12.2. The van der Waals surface area contributed by atoms with Crippen molar-refractivity contribution in [3.8, 4) is 5.75 Å². The van der Waals surface area contributed by atoms with Crippen molar-refractivity contribution in [3.05, 3.63) is 87.1 Å². The van der Waals surface area contributed by atoms with Gasteiger partial charge in [-0.2, -0.15) is 0 Å². The number of halogens is 3. The molecular weight excluding hydrogens is 459 g/mol. The fourth-order valence-electron chi connectivity index (χ4n) is 2.69. The molecule has 3 rings (SSSR count). The van der Waals surface area contributed by atoms with Crippen LogP contribution in [0, 0.1) is 12.7 Å². The van der Waals surface area contributed by atoms with Gasteiger partial charge < -0.3 is 15.4 Å². The third-order valence-corrected chi connectivity index (χ3v) is 4.87. The van der Waals surface area contributed by atoms with Gasteiger partial charge in [-0.3, -0.25) is 4.79 Å². The molecule has 0 aliphatic heterocycles. The molecule has 150 valence electrons. The summed E-state index contributed by atoms with van der Waals surface area (Å²) in [6, 6.07) is 17.5. The number of rotatable bonds is 7. The Hall–Kier alpha value is -2.57. The van der Waals surface area contributed by atoms with E-state index in [1.54, 1.807) is 12.1 Å². The van der Waals surface area contributed by atoms with Crippen LogP contribution in [0.25, 0.3) is 0 Å². The highest BCUT2D eigenvalue weighted by Gasteiger charge is 2.09. The van der Waals surface area contributed by atoms with Crippen LogP contribution < -0.4 is 15.4 Å². The summed E-state index contributed by atoms with van der Waals surface area (Å²) in [5.74, 6) is -0.139. The zero-order chi connectivity index (χ0) is 20.8. The molecule has 0 radical (unpaired) electrons. The molecule has 0 saturated carbocycles. The van der Waals surface area contributed by atoms with Crippen molar-refractivity contribution in [1.82, 2.24) is 0 Å². The maximum Gasteiger partial charge on any atom is 0.262 e. The number of benzene rings is 3. The summed E-state index contributed by atoms with van der Waals surface area (Å²) in [5.41, 5.74) is 3.30. The van der Waals surface area contributed by atoms with E-state index in [1.165, 1.54) is 12.1 Å². The van der Waals surface area contributed by atoms with Gasteiger partial charge >= 0.3 is 0 Å². The van der Waals surface area contributed by atoms with Crippen molar-refractivity contribution in [2.75, 3.05) is 17.2 Å². The number of aryl methyl sites for hydroxylation is 1. The Balaban J connectivity index is 1.63. The minimum atomic E-state index is -0.469. The summed E-state index contributed by atoms with van der Waals surface area (Å²) in [6.45, 7) is 2.25. The Labute approximate surface area is 182 Å². The fourth-order valence-corrected chi connectivity index (χ4v) is 3.28. The zero-order valence-electron chi connectivity index (χ0n) is 15.6. The molecule has 0 aliphatic carbocycles. The Bertz CT molecular complexity index is 1030. The Kier molecular flexibility index (Phi) is 7.12. The minimum absolute atomic E-state index is 0.0496. The van der Waals surface area contributed by atoms with Crippen LogP contribution in [0.1, 0.15) is 11.1 Å². The SMILES string of the molecule is Cc1cccc(NC(=O)COc2ccc(Br)cc2CNc2ccc(F)c(Cl)c2)c1. The van der Waals surface area contributed by atoms with E-state index < -0.39 is 5.82 Å². The highest BCUT2D eigenvalue weighted by molar-refractivity contribution is 9.10. The predicted molar refractivity (Wildman–Crippen MR) is 118 cm³/mol. The van der Waals surface area contributed by atoms with E-state index in [0.29, 0.717) is 18.0 Å². The van der Waals surface area contributed by atoms with Crippen LogP contribution in [0.5, 0.6) is 5.75 Å². The molecule has 0 aromatic heterocycles. The number of carbonyl (C=O) groups is 1. The topological polar surface area (TPSA) is 50.4 Å². The van der Waals surface area contributed by atoms with Crippen molar-refractivity contribution in [2.45, 2.75) is 13.5 Å². The maximum atomic E-state index is 13.3. The molecule has 2 N–H and O–H groups in total. The highest BCUT2D eigenvalue weighted by Crippen LogP contribution is 2.26. The second-order valence-corrected chi connectivity index (χ2v) is 7.76. The highest BCUT2D eigenvalue weighted by atomic mass is 79.9. The Morgan fingerprint density at radius 2 is 1.93 bits per heavy atom. The van der Waals surface area contributed by atoms with E-state index in [9.17, 15) is 9.18 Å². The Morgan fingerprint density at radius 1 is 1.10 bits per heavy atom. The summed E-state index contributed by atoms with van der Waals surface area (Å²) in [5, 5.41) is 6.04. The minimum Gasteiger partial charge on any atom is -0.483 e. The molecule has 3 aromatic rings. The molecule has 0 unspecified atom stereocenters. The lowest BCUT2D eigenvalue weighted by molar-refractivity contribution is -0.118. The molecule has 0 bridgehead atoms. The molecule has 0 fully saturated rings. The van der Waals surface area contributed by atoms with Gasteiger partial charge in [0.15, 0.2) is 6.61 Å². The quantitative estimate of drug-likeness (QED) is 0.427. The third kappa shape index (κ3) is 6.21. The summed E-state index contributed by atoms with van der Waals surface area (Å²) >= 11 is 9.26. The first-order valence-electron chi connectivity index (χ1n) is 8.87. The summed E-state index contributed by atoms with van der Waals surface area (Å²) in [6.07, 6.45) is 0. The van der Waals surface area contributed by atoms with Crippen LogP contribution >= 0.6 is 27.5 Å². The maximum absolute atomic E-state index is 13.3. The van der Waals surface area contributed by atoms with E-state index in [4.69, 9.17) is 16.3 Å². The molecule has 29 heavy (non-hydrogen) atoms. The predicted octanol–water partition coefficient (Wildman–Crippen LogP) is 6.18. The number of carbonyl (C=O) groups excluding carboxylic acids is 1. The first-order chi connectivity index (χ1) is 13.9. The first kappa shape index (κ1) is 21.1. The number of nitrogens with one attached hydrogen (secondary N) is 2. The Morgan fingerprint density at radius 3 is 2.69 bits per heavy atom. The van der Waals surface area contributed by atoms with Crippen LogP contribution in [-0.4, -0.2) is 12.5 Å². The molecule has 4 nitrogen and oxygen atoms in total. The average molecular weight is 478 g/mol. The van der Waals surface area contributed by atoms with Gasteiger partial charge in [0.1, 0.15) is 11.6 Å². The van der Waals surface area contributed by atoms with E-state index in [1.807, 2.05) is 43.3 Å². The van der Waals surface area contributed by atoms with Gasteiger partial charge in [-0.15, -0.1) is 0 Å². The van der Waals surface area contributed by atoms with Crippen LogP contribution in [0.3, 0.4) is 0 Å². The van der Waals surface area contributed by atoms with Crippen molar-refractivity contribution >= 4 is 44.8 Å². The number of hydrogen-bond donors (Lipinski definition) is 2. The smallest absolute Gasteiger partial charge is 0.262 e. The van der Waals surface area contributed by atoms with Gasteiger partial charge in [0.2, 0.25) is 0 Å². The zero-order valence-corrected chi connectivity index (χ0v) is 18.0. The van der Waals surface area contributed by atoms with E-state index in [-0.39, 0.29) is 17.5 Å². The fraction of sp³-hybridized carbons (Fsp3) is 0.136. The van der Waals surface area contributed by atoms with Crippen LogP contribution in [0.15, 0.2) is 65.1 Å². The standard InChI is InChI=1S/C22H19BrClFN2O2/c1-14-3-2-4-18(9-14)27-22(28)13-29-21-8-5-16(23)10-15(21)12-26-17-6-7-20(25)19(24)11-17/h2-11,26H,12-13H2,1H3,(H,27,28). The summed E-state index contributed by atoms with van der Waals surface area (Å²) in [7, 11) is 0. The van der Waals surface area contributed by atoms with Gasteiger partial charge in [0, 0.05) is 28.0 Å². The molecule has 1 amide bonds. The molecule has 0 aliphatic rings. The van der Waals surface area contributed by atoms with Crippen molar-refractivity contribution in [1.29, 1.82) is 0 Å². The molecule has 7 heteroatoms. The molecule has 3 aromatic carbocycles. The van der Waals surface area contributed by atoms with Gasteiger partial charge in [-0.1, -0.05) is 39.7 Å². The van der Waals surface area contributed by atoms with Crippen molar-refractivity contribution < 1.29 is 13.9 Å². The van der Waals surface area contributed by atoms with Gasteiger partial charge in [0.25, 0.3) is 5.91 Å². The number of amides is 1.